The first kappa shape index (κ1) is 14.7. The third-order valence-corrected chi connectivity index (χ3v) is 4.12. The van der Waals surface area contributed by atoms with Crippen molar-refractivity contribution in [3.63, 3.8) is 0 Å². The Morgan fingerprint density at radius 1 is 1.50 bits per heavy atom. The number of aliphatic hydroxyl groups excluding tert-OH is 1. The van der Waals surface area contributed by atoms with E-state index in [9.17, 15) is 4.79 Å². The molecule has 0 bridgehead atoms. The van der Waals surface area contributed by atoms with Crippen molar-refractivity contribution in [1.82, 2.24) is 9.88 Å². The van der Waals surface area contributed by atoms with E-state index in [0.717, 1.165) is 10.6 Å². The van der Waals surface area contributed by atoms with E-state index in [-0.39, 0.29) is 12.5 Å². The van der Waals surface area contributed by atoms with Crippen LogP contribution in [0.3, 0.4) is 0 Å². The normalized spacial score (nSPS) is 9.90. The lowest BCUT2D eigenvalue weighted by molar-refractivity contribution is 0.0788. The molecule has 2 aromatic rings. The van der Waals surface area contributed by atoms with Crippen LogP contribution in [0.4, 0.5) is 0 Å². The van der Waals surface area contributed by atoms with Gasteiger partial charge in [-0.15, -0.1) is 22.7 Å². The summed E-state index contributed by atoms with van der Waals surface area (Å²) in [7, 11) is 1.76. The predicted molar refractivity (Wildman–Crippen MR) is 80.8 cm³/mol. The quantitative estimate of drug-likeness (QED) is 0.881. The van der Waals surface area contributed by atoms with E-state index in [1.165, 1.54) is 22.7 Å². The standard InChI is InChI=1S/C14H14N2O2S2/c1-16(8-11-9-19-10-15-11)14(18)13-6-5-12(20-13)4-2-3-7-17/h5-6,9-10,17H,3,7-8H2,1H3. The van der Waals surface area contributed by atoms with Crippen LogP contribution in [0.1, 0.15) is 26.7 Å². The van der Waals surface area contributed by atoms with Crippen molar-refractivity contribution in [2.24, 2.45) is 0 Å². The van der Waals surface area contributed by atoms with Gasteiger partial charge in [0.2, 0.25) is 0 Å². The van der Waals surface area contributed by atoms with E-state index in [1.54, 1.807) is 23.5 Å². The van der Waals surface area contributed by atoms with Crippen LogP contribution in [0, 0.1) is 11.8 Å². The number of hydrogen-bond donors (Lipinski definition) is 1. The van der Waals surface area contributed by atoms with Gasteiger partial charge in [-0.05, 0) is 12.1 Å². The highest BCUT2D eigenvalue weighted by Crippen LogP contribution is 2.18. The van der Waals surface area contributed by atoms with Crippen LogP contribution < -0.4 is 0 Å². The minimum atomic E-state index is -0.0294. The molecule has 4 nitrogen and oxygen atoms in total. The van der Waals surface area contributed by atoms with E-state index < -0.39 is 0 Å². The summed E-state index contributed by atoms with van der Waals surface area (Å²) >= 11 is 2.89. The van der Waals surface area contributed by atoms with Gasteiger partial charge in [0.25, 0.3) is 5.91 Å². The largest absolute Gasteiger partial charge is 0.395 e. The molecule has 0 spiro atoms. The summed E-state index contributed by atoms with van der Waals surface area (Å²) in [6.07, 6.45) is 0.449. The first-order chi connectivity index (χ1) is 9.70. The Morgan fingerprint density at radius 2 is 2.35 bits per heavy atom. The first-order valence-corrected chi connectivity index (χ1v) is 7.78. The molecule has 2 heterocycles. The smallest absolute Gasteiger partial charge is 0.264 e. The number of aromatic nitrogens is 1. The maximum absolute atomic E-state index is 12.2. The average molecular weight is 306 g/mol. The highest BCUT2D eigenvalue weighted by atomic mass is 32.1. The number of hydrogen-bond acceptors (Lipinski definition) is 5. The minimum Gasteiger partial charge on any atom is -0.395 e. The summed E-state index contributed by atoms with van der Waals surface area (Å²) in [6, 6.07) is 3.62. The lowest BCUT2D eigenvalue weighted by Crippen LogP contribution is -2.25. The van der Waals surface area contributed by atoms with Crippen molar-refractivity contribution in [2.75, 3.05) is 13.7 Å². The Balaban J connectivity index is 2.00. The second-order valence-electron chi connectivity index (χ2n) is 4.08. The number of rotatable bonds is 4. The van der Waals surface area contributed by atoms with Crippen LogP contribution in [0.5, 0.6) is 0 Å². The molecule has 0 saturated carbocycles. The molecule has 0 atom stereocenters. The highest BCUT2D eigenvalue weighted by Gasteiger charge is 2.14. The second kappa shape index (κ2) is 7.20. The fraction of sp³-hybridized carbons (Fsp3) is 0.286. The Hall–Kier alpha value is -1.68. The Bertz CT molecular complexity index is 623. The summed E-state index contributed by atoms with van der Waals surface area (Å²) in [4.78, 5) is 19.6. The lowest BCUT2D eigenvalue weighted by Gasteiger charge is -2.14. The van der Waals surface area contributed by atoms with Gasteiger partial charge in [-0.3, -0.25) is 4.79 Å². The topological polar surface area (TPSA) is 53.4 Å². The zero-order chi connectivity index (χ0) is 14.4. The molecular formula is C14H14N2O2S2. The summed E-state index contributed by atoms with van der Waals surface area (Å²) in [6.45, 7) is 0.562. The number of aliphatic hydroxyl groups is 1. The number of thiophene rings is 1. The van der Waals surface area contributed by atoms with Gasteiger partial charge in [0, 0.05) is 18.8 Å². The van der Waals surface area contributed by atoms with Gasteiger partial charge < -0.3 is 10.0 Å². The molecule has 0 radical (unpaired) electrons. The molecule has 0 fully saturated rings. The molecule has 0 aliphatic carbocycles. The molecule has 104 valence electrons. The zero-order valence-corrected chi connectivity index (χ0v) is 12.6. The van der Waals surface area contributed by atoms with E-state index in [0.29, 0.717) is 17.8 Å². The van der Waals surface area contributed by atoms with E-state index >= 15 is 0 Å². The Kier molecular flexibility index (Phi) is 5.30. The van der Waals surface area contributed by atoms with Crippen molar-refractivity contribution in [3.8, 4) is 11.8 Å². The van der Waals surface area contributed by atoms with Crippen molar-refractivity contribution in [3.05, 3.63) is 38.5 Å². The summed E-state index contributed by atoms with van der Waals surface area (Å²) in [5.41, 5.74) is 2.65. The fourth-order valence-electron chi connectivity index (χ4n) is 1.54. The van der Waals surface area contributed by atoms with Gasteiger partial charge >= 0.3 is 0 Å². The molecular weight excluding hydrogens is 292 g/mol. The van der Waals surface area contributed by atoms with Gasteiger partial charge in [-0.2, -0.15) is 0 Å². The number of amides is 1. The van der Waals surface area contributed by atoms with Gasteiger partial charge in [-0.25, -0.2) is 4.98 Å². The third-order valence-electron chi connectivity index (χ3n) is 2.49. The Labute approximate surface area is 125 Å². The van der Waals surface area contributed by atoms with E-state index in [2.05, 4.69) is 16.8 Å². The molecule has 0 unspecified atom stereocenters. The van der Waals surface area contributed by atoms with Crippen molar-refractivity contribution in [1.29, 1.82) is 0 Å². The summed E-state index contributed by atoms with van der Waals surface area (Å²) < 4.78 is 0. The average Bonchev–Trinajstić information content (AvgIpc) is 3.09. The maximum Gasteiger partial charge on any atom is 0.264 e. The van der Waals surface area contributed by atoms with Gasteiger partial charge in [0.15, 0.2) is 0 Å². The molecule has 20 heavy (non-hydrogen) atoms. The number of carbonyl (C=O) groups is 1. The molecule has 6 heteroatoms. The van der Waals surface area contributed by atoms with Crippen LogP contribution in [0.25, 0.3) is 0 Å². The number of thiazole rings is 1. The van der Waals surface area contributed by atoms with Gasteiger partial charge in [0.05, 0.1) is 34.1 Å². The molecule has 1 amide bonds. The highest BCUT2D eigenvalue weighted by molar-refractivity contribution is 7.14. The fourth-order valence-corrected chi connectivity index (χ4v) is 2.97. The summed E-state index contributed by atoms with van der Waals surface area (Å²) in [5, 5.41) is 10.6. The second-order valence-corrected chi connectivity index (χ2v) is 5.88. The lowest BCUT2D eigenvalue weighted by atomic mass is 10.3. The molecule has 2 rings (SSSR count). The number of nitrogens with zero attached hydrogens (tertiary/aromatic N) is 2. The molecule has 0 aromatic carbocycles. The van der Waals surface area contributed by atoms with Crippen LogP contribution in [-0.2, 0) is 6.54 Å². The monoisotopic (exact) mass is 306 g/mol. The molecule has 0 aliphatic rings. The first-order valence-electron chi connectivity index (χ1n) is 6.03. The Morgan fingerprint density at radius 3 is 3.05 bits per heavy atom. The van der Waals surface area contributed by atoms with Crippen molar-refractivity contribution < 1.29 is 9.90 Å². The van der Waals surface area contributed by atoms with Crippen molar-refractivity contribution >= 4 is 28.6 Å². The SMILES string of the molecule is CN(Cc1cscn1)C(=O)c1ccc(C#CCCO)s1. The van der Waals surface area contributed by atoms with Crippen LogP contribution in [-0.4, -0.2) is 34.6 Å². The van der Waals surface area contributed by atoms with Crippen LogP contribution in [0.15, 0.2) is 23.0 Å². The summed E-state index contributed by atoms with van der Waals surface area (Å²) in [5.74, 6) is 5.75. The predicted octanol–water partition coefficient (Wildman–Crippen LogP) is 2.21. The van der Waals surface area contributed by atoms with Crippen LogP contribution >= 0.6 is 22.7 Å². The maximum atomic E-state index is 12.2. The minimum absolute atomic E-state index is 0.0294. The number of carbonyl (C=O) groups excluding carboxylic acids is 1. The van der Waals surface area contributed by atoms with Crippen molar-refractivity contribution in [2.45, 2.75) is 13.0 Å². The van der Waals surface area contributed by atoms with E-state index in [1.807, 2.05) is 11.4 Å². The molecule has 2 aromatic heterocycles. The van der Waals surface area contributed by atoms with Gasteiger partial charge in [0.1, 0.15) is 0 Å². The van der Waals surface area contributed by atoms with Crippen LogP contribution in [0.2, 0.25) is 0 Å². The van der Waals surface area contributed by atoms with Gasteiger partial charge in [-0.1, -0.05) is 11.8 Å². The van der Waals surface area contributed by atoms with E-state index in [4.69, 9.17) is 5.11 Å². The molecule has 0 saturated heterocycles. The molecule has 0 aliphatic heterocycles. The molecule has 1 N–H and O–H groups in total. The zero-order valence-electron chi connectivity index (χ0n) is 11.0. The third kappa shape index (κ3) is 3.90.